The van der Waals surface area contributed by atoms with Crippen molar-refractivity contribution in [2.75, 3.05) is 17.7 Å². The maximum absolute atomic E-state index is 11.8. The molecule has 29 heavy (non-hydrogen) atoms. The van der Waals surface area contributed by atoms with E-state index in [4.69, 9.17) is 0 Å². The molecular weight excluding hydrogens is 505 g/mol. The molecule has 1 unspecified atom stereocenters. The van der Waals surface area contributed by atoms with E-state index in [9.17, 15) is 4.79 Å². The molecule has 3 aromatic rings. The Morgan fingerprint density at radius 2 is 2.14 bits per heavy atom. The second kappa shape index (κ2) is 8.34. The maximum atomic E-state index is 11.8. The van der Waals surface area contributed by atoms with Crippen LogP contribution in [0.25, 0.3) is 11.0 Å². The van der Waals surface area contributed by atoms with Crippen LogP contribution in [0.1, 0.15) is 32.7 Å². The van der Waals surface area contributed by atoms with E-state index in [1.54, 1.807) is 29.3 Å². The Balaban J connectivity index is 1.63. The van der Waals surface area contributed by atoms with Gasteiger partial charge >= 0.3 is 0 Å². The molecular formula is C17H22IN9OS. The fourth-order valence-corrected chi connectivity index (χ4v) is 4.38. The number of hydrogen-bond acceptors (Lipinski definition) is 8. The van der Waals surface area contributed by atoms with Crippen LogP contribution >= 0.6 is 30.3 Å². The van der Waals surface area contributed by atoms with E-state index >= 15 is 0 Å². The fourth-order valence-electron chi connectivity index (χ4n) is 3.11. The molecule has 1 fully saturated rings. The molecule has 0 radical (unpaired) electrons. The average molecular weight is 527 g/mol. The summed E-state index contributed by atoms with van der Waals surface area (Å²) in [4.78, 5) is 21.2. The molecule has 4 rings (SSSR count). The van der Waals surface area contributed by atoms with Crippen molar-refractivity contribution in [3.05, 3.63) is 18.5 Å². The number of nitrogens with one attached hydrogen (secondary N) is 3. The zero-order chi connectivity index (χ0) is 20.5. The molecule has 154 valence electrons. The van der Waals surface area contributed by atoms with Crippen molar-refractivity contribution < 1.29 is 4.79 Å². The van der Waals surface area contributed by atoms with Gasteiger partial charge in [-0.25, -0.2) is 4.68 Å². The SMILES string of the molecule is CNC(=O)C(C)n1cc(Nc2nc(N[C@@H](C)C3CC3)c3ccn(SI)c3n2)nn1. The lowest BCUT2D eigenvalue weighted by atomic mass is 10.2. The monoisotopic (exact) mass is 527 g/mol. The Kier molecular flexibility index (Phi) is 5.81. The Hall–Kier alpha value is -2.09. The number of carbonyl (C=O) groups is 1. The second-order valence-corrected chi connectivity index (χ2v) is 8.83. The number of nitrogens with zero attached hydrogens (tertiary/aromatic N) is 6. The lowest BCUT2D eigenvalue weighted by Gasteiger charge is -2.15. The molecule has 3 aromatic heterocycles. The first-order valence-corrected chi connectivity index (χ1v) is 12.7. The third-order valence-corrected chi connectivity index (χ3v) is 6.77. The predicted molar refractivity (Wildman–Crippen MR) is 122 cm³/mol. The molecule has 0 aliphatic heterocycles. The molecule has 1 aliphatic rings. The molecule has 0 spiro atoms. The normalized spacial score (nSPS) is 15.9. The lowest BCUT2D eigenvalue weighted by molar-refractivity contribution is -0.123. The van der Waals surface area contributed by atoms with E-state index in [2.05, 4.69) is 64.4 Å². The van der Waals surface area contributed by atoms with Gasteiger partial charge in [-0.1, -0.05) is 5.21 Å². The van der Waals surface area contributed by atoms with Gasteiger partial charge in [-0.3, -0.25) is 8.77 Å². The Morgan fingerprint density at radius 3 is 2.83 bits per heavy atom. The summed E-state index contributed by atoms with van der Waals surface area (Å²) in [5.74, 6) is 2.25. The summed E-state index contributed by atoms with van der Waals surface area (Å²) in [5.41, 5.74) is 0.818. The molecule has 3 heterocycles. The summed E-state index contributed by atoms with van der Waals surface area (Å²) in [6, 6.07) is 1.91. The van der Waals surface area contributed by atoms with Gasteiger partial charge in [0.2, 0.25) is 11.9 Å². The van der Waals surface area contributed by atoms with Crippen LogP contribution in [0.5, 0.6) is 0 Å². The molecule has 10 nitrogen and oxygen atoms in total. The van der Waals surface area contributed by atoms with E-state index in [1.165, 1.54) is 17.5 Å². The number of carbonyl (C=O) groups excluding carboxylic acids is 1. The highest BCUT2D eigenvalue weighted by molar-refractivity contribution is 14.2. The summed E-state index contributed by atoms with van der Waals surface area (Å²) < 4.78 is 3.48. The van der Waals surface area contributed by atoms with Crippen LogP contribution in [0.3, 0.4) is 0 Å². The van der Waals surface area contributed by atoms with Crippen LogP contribution in [-0.4, -0.2) is 47.9 Å². The molecule has 1 amide bonds. The van der Waals surface area contributed by atoms with E-state index < -0.39 is 6.04 Å². The van der Waals surface area contributed by atoms with Gasteiger partial charge in [0.1, 0.15) is 11.9 Å². The van der Waals surface area contributed by atoms with Crippen molar-refractivity contribution in [1.82, 2.24) is 34.3 Å². The van der Waals surface area contributed by atoms with Gasteiger partial charge in [-0.15, -0.1) is 5.10 Å². The van der Waals surface area contributed by atoms with Crippen molar-refractivity contribution in [1.29, 1.82) is 0 Å². The molecule has 0 bridgehead atoms. The zero-order valence-electron chi connectivity index (χ0n) is 16.3. The number of amides is 1. The van der Waals surface area contributed by atoms with Crippen LogP contribution < -0.4 is 16.0 Å². The standard InChI is InChI=1S/C17H22IN9OS/c1-9(11-4-5-11)20-14-12-6-7-27(29-18)15(12)23-17(22-14)21-13-8-26(25-24-13)10(2)16(28)19-3/h6-11H,4-5H2,1-3H3,(H,19,28)(H2,20,21,22,23)/t9-,10?/m0/s1. The Morgan fingerprint density at radius 1 is 1.34 bits per heavy atom. The van der Waals surface area contributed by atoms with Gasteiger partial charge in [-0.05, 0) is 38.7 Å². The highest BCUT2D eigenvalue weighted by Gasteiger charge is 2.28. The van der Waals surface area contributed by atoms with Gasteiger partial charge in [0, 0.05) is 49.6 Å². The van der Waals surface area contributed by atoms with Crippen LogP contribution in [0.2, 0.25) is 0 Å². The maximum Gasteiger partial charge on any atom is 0.244 e. The molecule has 1 saturated carbocycles. The first-order valence-electron chi connectivity index (χ1n) is 9.35. The number of rotatable bonds is 8. The van der Waals surface area contributed by atoms with Crippen molar-refractivity contribution in [3.63, 3.8) is 0 Å². The molecule has 0 saturated heterocycles. The number of fused-ring (bicyclic) bond motifs is 1. The van der Waals surface area contributed by atoms with Crippen LogP contribution in [0.15, 0.2) is 18.5 Å². The minimum absolute atomic E-state index is 0.142. The van der Waals surface area contributed by atoms with E-state index in [0.717, 1.165) is 16.9 Å². The lowest BCUT2D eigenvalue weighted by Crippen LogP contribution is -2.28. The Labute approximate surface area is 184 Å². The number of likely N-dealkylation sites (N-methyl/N-ethyl adjacent to an activating group) is 1. The first-order chi connectivity index (χ1) is 14.0. The minimum Gasteiger partial charge on any atom is -0.367 e. The van der Waals surface area contributed by atoms with Crippen LogP contribution in [0, 0.1) is 5.92 Å². The van der Waals surface area contributed by atoms with Gasteiger partial charge in [0.05, 0.1) is 11.6 Å². The number of aromatic nitrogens is 6. The van der Waals surface area contributed by atoms with E-state index in [-0.39, 0.29) is 5.91 Å². The summed E-state index contributed by atoms with van der Waals surface area (Å²) in [7, 11) is 3.14. The second-order valence-electron chi connectivity index (χ2n) is 7.11. The first kappa shape index (κ1) is 20.2. The third-order valence-electron chi connectivity index (χ3n) is 5.05. The summed E-state index contributed by atoms with van der Waals surface area (Å²) >= 11 is 2.23. The largest absolute Gasteiger partial charge is 0.367 e. The minimum atomic E-state index is -0.462. The van der Waals surface area contributed by atoms with Crippen molar-refractivity contribution >= 4 is 64.8 Å². The summed E-state index contributed by atoms with van der Waals surface area (Å²) in [6.45, 7) is 3.94. The summed E-state index contributed by atoms with van der Waals surface area (Å²) in [6.07, 6.45) is 6.16. The number of hydrogen-bond donors (Lipinski definition) is 3. The van der Waals surface area contributed by atoms with Crippen LogP contribution in [0.4, 0.5) is 17.6 Å². The topological polar surface area (TPSA) is 115 Å². The van der Waals surface area contributed by atoms with E-state index in [0.29, 0.717) is 23.7 Å². The smallest absolute Gasteiger partial charge is 0.244 e. The number of anilines is 3. The average Bonchev–Trinajstić information content (AvgIpc) is 3.34. The van der Waals surface area contributed by atoms with Crippen molar-refractivity contribution in [2.45, 2.75) is 38.8 Å². The molecule has 1 aliphatic carbocycles. The highest BCUT2D eigenvalue weighted by Crippen LogP contribution is 2.35. The fraction of sp³-hybridized carbons (Fsp3) is 0.471. The van der Waals surface area contributed by atoms with Gasteiger partial charge in [0.15, 0.2) is 11.5 Å². The number of halogens is 1. The third kappa shape index (κ3) is 4.27. The van der Waals surface area contributed by atoms with Gasteiger partial charge in [0.25, 0.3) is 0 Å². The van der Waals surface area contributed by atoms with Gasteiger partial charge in [-0.2, -0.15) is 9.97 Å². The summed E-state index contributed by atoms with van der Waals surface area (Å²) in [5, 5.41) is 18.4. The molecule has 0 aromatic carbocycles. The molecule has 2 atom stereocenters. The highest BCUT2D eigenvalue weighted by atomic mass is 127. The molecule has 3 N–H and O–H groups in total. The quantitative estimate of drug-likeness (QED) is 0.383. The van der Waals surface area contributed by atoms with Crippen molar-refractivity contribution in [2.24, 2.45) is 5.92 Å². The predicted octanol–water partition coefficient (Wildman–Crippen LogP) is 3.13. The van der Waals surface area contributed by atoms with Crippen molar-refractivity contribution in [3.8, 4) is 0 Å². The Bertz CT molecular complexity index is 1030. The van der Waals surface area contributed by atoms with E-state index in [1.807, 2.05) is 16.2 Å². The molecule has 12 heteroatoms. The van der Waals surface area contributed by atoms with Crippen LogP contribution in [-0.2, 0) is 4.79 Å². The van der Waals surface area contributed by atoms with Gasteiger partial charge < -0.3 is 16.0 Å². The zero-order valence-corrected chi connectivity index (χ0v) is 19.2.